The largest absolute Gasteiger partial charge is 0.308 e. The topological polar surface area (TPSA) is 12.0 Å². The van der Waals surface area contributed by atoms with Crippen LogP contribution in [0.25, 0.3) is 0 Å². The minimum atomic E-state index is 0.152. The minimum Gasteiger partial charge on any atom is -0.308 e. The van der Waals surface area contributed by atoms with E-state index in [2.05, 4.69) is 80.7 Å². The molecule has 1 N–H and O–H groups in total. The van der Waals surface area contributed by atoms with E-state index >= 15 is 0 Å². The summed E-state index contributed by atoms with van der Waals surface area (Å²) in [6, 6.07) is 19.7. The summed E-state index contributed by atoms with van der Waals surface area (Å²) in [7, 11) is 0. The standard InChI is InChI=1S/C20H27N/c1-4-17-10-12-19(13-11-17)16-21-20(2,3)15-14-18-8-6-5-7-9-18/h5-13,21H,4,14-16H2,1-3H3. The van der Waals surface area contributed by atoms with Gasteiger partial charge in [0.1, 0.15) is 0 Å². The first-order valence-electron chi connectivity index (χ1n) is 7.96. The van der Waals surface area contributed by atoms with Gasteiger partial charge in [0.25, 0.3) is 0 Å². The highest BCUT2D eigenvalue weighted by Gasteiger charge is 2.16. The molecule has 0 aliphatic heterocycles. The molecule has 0 fully saturated rings. The van der Waals surface area contributed by atoms with Crippen LogP contribution in [0.5, 0.6) is 0 Å². The van der Waals surface area contributed by atoms with Crippen molar-refractivity contribution in [1.29, 1.82) is 0 Å². The molecule has 0 spiro atoms. The van der Waals surface area contributed by atoms with Crippen molar-refractivity contribution in [2.75, 3.05) is 0 Å². The Bertz CT molecular complexity index is 526. The summed E-state index contributed by atoms with van der Waals surface area (Å²) >= 11 is 0. The lowest BCUT2D eigenvalue weighted by atomic mass is 9.95. The summed E-state index contributed by atoms with van der Waals surface area (Å²) in [6.45, 7) is 7.71. The molecule has 2 aromatic carbocycles. The Balaban J connectivity index is 1.82. The molecule has 0 saturated heterocycles. The van der Waals surface area contributed by atoms with Gasteiger partial charge >= 0.3 is 0 Å². The third-order valence-electron chi connectivity index (χ3n) is 4.08. The maximum absolute atomic E-state index is 3.68. The van der Waals surface area contributed by atoms with E-state index in [4.69, 9.17) is 0 Å². The second kappa shape index (κ2) is 7.42. The minimum absolute atomic E-state index is 0.152. The van der Waals surface area contributed by atoms with Gasteiger partial charge in [-0.2, -0.15) is 0 Å². The monoisotopic (exact) mass is 281 g/mol. The summed E-state index contributed by atoms with van der Waals surface area (Å²) < 4.78 is 0. The third kappa shape index (κ3) is 5.35. The molecular formula is C20H27N. The molecule has 0 atom stereocenters. The number of hydrogen-bond donors (Lipinski definition) is 1. The predicted molar refractivity (Wildman–Crippen MR) is 91.5 cm³/mol. The zero-order valence-corrected chi connectivity index (χ0v) is 13.5. The average molecular weight is 281 g/mol. The van der Waals surface area contributed by atoms with Crippen LogP contribution in [0, 0.1) is 0 Å². The van der Waals surface area contributed by atoms with Gasteiger partial charge in [-0.05, 0) is 49.8 Å². The molecule has 2 rings (SSSR count). The number of nitrogens with one attached hydrogen (secondary N) is 1. The van der Waals surface area contributed by atoms with Crippen molar-refractivity contribution in [3.8, 4) is 0 Å². The van der Waals surface area contributed by atoms with Crippen molar-refractivity contribution < 1.29 is 0 Å². The first kappa shape index (κ1) is 15.8. The molecule has 0 unspecified atom stereocenters. The number of rotatable bonds is 7. The zero-order valence-electron chi connectivity index (χ0n) is 13.5. The van der Waals surface area contributed by atoms with Gasteiger partial charge in [0, 0.05) is 12.1 Å². The fourth-order valence-corrected chi connectivity index (χ4v) is 2.42. The lowest BCUT2D eigenvalue weighted by Gasteiger charge is -2.26. The maximum atomic E-state index is 3.68. The molecule has 0 heterocycles. The van der Waals surface area contributed by atoms with Crippen molar-refractivity contribution in [2.24, 2.45) is 0 Å². The smallest absolute Gasteiger partial charge is 0.0210 e. The molecular weight excluding hydrogens is 254 g/mol. The third-order valence-corrected chi connectivity index (χ3v) is 4.08. The Morgan fingerprint density at radius 3 is 2.05 bits per heavy atom. The van der Waals surface area contributed by atoms with Gasteiger partial charge < -0.3 is 5.32 Å². The summed E-state index contributed by atoms with van der Waals surface area (Å²) in [5.41, 5.74) is 4.33. The van der Waals surface area contributed by atoms with Crippen molar-refractivity contribution >= 4 is 0 Å². The van der Waals surface area contributed by atoms with Gasteiger partial charge in [-0.3, -0.25) is 0 Å². The fourth-order valence-electron chi connectivity index (χ4n) is 2.42. The van der Waals surface area contributed by atoms with Crippen molar-refractivity contribution in [1.82, 2.24) is 5.32 Å². The highest BCUT2D eigenvalue weighted by molar-refractivity contribution is 5.22. The Morgan fingerprint density at radius 1 is 0.810 bits per heavy atom. The summed E-state index contributed by atoms with van der Waals surface area (Å²) in [5, 5.41) is 3.68. The Labute approximate surface area is 129 Å². The molecule has 1 heteroatoms. The molecule has 0 saturated carbocycles. The highest BCUT2D eigenvalue weighted by Crippen LogP contribution is 2.15. The van der Waals surface area contributed by atoms with E-state index in [1.807, 2.05) is 0 Å². The molecule has 0 aliphatic carbocycles. The van der Waals surface area contributed by atoms with E-state index in [0.717, 1.165) is 25.8 Å². The molecule has 112 valence electrons. The van der Waals surface area contributed by atoms with Crippen LogP contribution >= 0.6 is 0 Å². The molecule has 0 bridgehead atoms. The fraction of sp³-hybridized carbons (Fsp3) is 0.400. The summed E-state index contributed by atoms with van der Waals surface area (Å²) in [4.78, 5) is 0. The second-order valence-corrected chi connectivity index (χ2v) is 6.39. The first-order chi connectivity index (χ1) is 10.1. The van der Waals surface area contributed by atoms with Gasteiger partial charge in [-0.15, -0.1) is 0 Å². The van der Waals surface area contributed by atoms with Crippen LogP contribution < -0.4 is 5.32 Å². The van der Waals surface area contributed by atoms with Crippen LogP contribution in [0.3, 0.4) is 0 Å². The van der Waals surface area contributed by atoms with Crippen LogP contribution in [0.1, 0.15) is 43.9 Å². The molecule has 0 radical (unpaired) electrons. The Kier molecular flexibility index (Phi) is 5.58. The van der Waals surface area contributed by atoms with E-state index < -0.39 is 0 Å². The van der Waals surface area contributed by atoms with Crippen LogP contribution in [0.2, 0.25) is 0 Å². The van der Waals surface area contributed by atoms with Gasteiger partial charge in [-0.25, -0.2) is 0 Å². The van der Waals surface area contributed by atoms with Gasteiger partial charge in [0.2, 0.25) is 0 Å². The Morgan fingerprint density at radius 2 is 1.43 bits per heavy atom. The van der Waals surface area contributed by atoms with E-state index in [1.54, 1.807) is 0 Å². The molecule has 0 amide bonds. The van der Waals surface area contributed by atoms with Crippen LogP contribution in [0.15, 0.2) is 54.6 Å². The maximum Gasteiger partial charge on any atom is 0.0210 e. The average Bonchev–Trinajstić information content (AvgIpc) is 2.53. The molecule has 0 aromatic heterocycles. The van der Waals surface area contributed by atoms with Crippen molar-refractivity contribution in [3.05, 3.63) is 71.3 Å². The van der Waals surface area contributed by atoms with E-state index in [-0.39, 0.29) is 5.54 Å². The quantitative estimate of drug-likeness (QED) is 0.772. The van der Waals surface area contributed by atoms with Gasteiger partial charge in [0.15, 0.2) is 0 Å². The van der Waals surface area contributed by atoms with Gasteiger partial charge in [0.05, 0.1) is 0 Å². The van der Waals surface area contributed by atoms with E-state index in [0.29, 0.717) is 0 Å². The molecule has 21 heavy (non-hydrogen) atoms. The van der Waals surface area contributed by atoms with Crippen molar-refractivity contribution in [2.45, 2.75) is 52.1 Å². The first-order valence-corrected chi connectivity index (χ1v) is 7.96. The number of hydrogen-bond acceptors (Lipinski definition) is 1. The SMILES string of the molecule is CCc1ccc(CNC(C)(C)CCc2ccccc2)cc1. The normalized spacial score (nSPS) is 11.6. The Hall–Kier alpha value is -1.60. The van der Waals surface area contributed by atoms with Crippen LogP contribution in [-0.4, -0.2) is 5.54 Å². The second-order valence-electron chi connectivity index (χ2n) is 6.39. The highest BCUT2D eigenvalue weighted by atomic mass is 14.9. The van der Waals surface area contributed by atoms with Gasteiger partial charge in [-0.1, -0.05) is 61.5 Å². The predicted octanol–water partition coefficient (Wildman–Crippen LogP) is 4.75. The van der Waals surface area contributed by atoms with E-state index in [1.165, 1.54) is 16.7 Å². The molecule has 1 nitrogen and oxygen atoms in total. The van der Waals surface area contributed by atoms with Crippen LogP contribution in [-0.2, 0) is 19.4 Å². The zero-order chi connectivity index (χ0) is 15.1. The molecule has 0 aliphatic rings. The van der Waals surface area contributed by atoms with E-state index in [9.17, 15) is 0 Å². The number of aryl methyl sites for hydroxylation is 2. The summed E-state index contributed by atoms with van der Waals surface area (Å²) in [5.74, 6) is 0. The lowest BCUT2D eigenvalue weighted by molar-refractivity contribution is 0.360. The molecule has 2 aromatic rings. The number of benzene rings is 2. The van der Waals surface area contributed by atoms with Crippen LogP contribution in [0.4, 0.5) is 0 Å². The lowest BCUT2D eigenvalue weighted by Crippen LogP contribution is -2.39. The van der Waals surface area contributed by atoms with Crippen molar-refractivity contribution in [3.63, 3.8) is 0 Å². The summed E-state index contributed by atoms with van der Waals surface area (Å²) in [6.07, 6.45) is 3.37.